The van der Waals surface area contributed by atoms with Crippen LogP contribution in [-0.2, 0) is 20.0 Å². The van der Waals surface area contributed by atoms with Crippen molar-refractivity contribution in [2.45, 2.75) is 39.7 Å². The lowest BCUT2D eigenvalue weighted by molar-refractivity contribution is 0.473. The highest BCUT2D eigenvalue weighted by molar-refractivity contribution is 14.0. The smallest absolute Gasteiger partial charge is 0.216 e. The summed E-state index contributed by atoms with van der Waals surface area (Å²) in [5.74, 6) is 3.25. The third kappa shape index (κ3) is 6.07. The summed E-state index contributed by atoms with van der Waals surface area (Å²) in [4.78, 5) is 11.3. The van der Waals surface area contributed by atoms with Crippen LogP contribution in [0.4, 0.5) is 0 Å². The number of aryl methyl sites for hydroxylation is 1. The van der Waals surface area contributed by atoms with Gasteiger partial charge in [0.15, 0.2) is 11.7 Å². The maximum Gasteiger partial charge on any atom is 0.216 e. The molecule has 0 spiro atoms. The molecule has 3 aromatic heterocycles. The van der Waals surface area contributed by atoms with Crippen molar-refractivity contribution in [1.82, 2.24) is 35.2 Å². The molecular formula is C20H31IN8O. The van der Waals surface area contributed by atoms with Gasteiger partial charge in [0.1, 0.15) is 5.82 Å². The quantitative estimate of drug-likeness (QED) is 0.266. The first-order chi connectivity index (χ1) is 14.0. The third-order valence-corrected chi connectivity index (χ3v) is 4.47. The second kappa shape index (κ2) is 11.1. The van der Waals surface area contributed by atoms with E-state index in [1.807, 2.05) is 30.9 Å². The molecule has 3 heterocycles. The van der Waals surface area contributed by atoms with Gasteiger partial charge in [-0.05, 0) is 25.0 Å². The molecule has 0 saturated carbocycles. The minimum absolute atomic E-state index is 0. The second-order valence-electron chi connectivity index (χ2n) is 7.29. The normalized spacial score (nSPS) is 11.6. The van der Waals surface area contributed by atoms with Crippen LogP contribution < -0.4 is 5.32 Å². The molecule has 30 heavy (non-hydrogen) atoms. The fourth-order valence-corrected chi connectivity index (χ4v) is 3.15. The molecule has 0 aliphatic carbocycles. The number of nitrogens with zero attached hydrogens (tertiary/aromatic N) is 6. The Kier molecular flexibility index (Phi) is 8.88. The SMILES string of the molecule is CCNC(=NCCc1nc(-c2ccco2)n[nH]1)N(C)Cc1cn(C)nc1C(C)C.I. The molecule has 0 fully saturated rings. The van der Waals surface area contributed by atoms with Gasteiger partial charge in [0.05, 0.1) is 12.0 Å². The van der Waals surface area contributed by atoms with Crippen molar-refractivity contribution < 1.29 is 4.42 Å². The van der Waals surface area contributed by atoms with Gasteiger partial charge in [-0.2, -0.15) is 10.2 Å². The second-order valence-corrected chi connectivity index (χ2v) is 7.29. The van der Waals surface area contributed by atoms with E-state index in [9.17, 15) is 0 Å². The van der Waals surface area contributed by atoms with Crippen LogP contribution in [0.15, 0.2) is 34.0 Å². The van der Waals surface area contributed by atoms with E-state index < -0.39 is 0 Å². The van der Waals surface area contributed by atoms with Crippen molar-refractivity contribution in [2.75, 3.05) is 20.1 Å². The van der Waals surface area contributed by atoms with Gasteiger partial charge < -0.3 is 14.6 Å². The molecule has 3 aromatic rings. The number of hydrogen-bond acceptors (Lipinski definition) is 5. The van der Waals surface area contributed by atoms with Crippen molar-refractivity contribution in [1.29, 1.82) is 0 Å². The summed E-state index contributed by atoms with van der Waals surface area (Å²) in [5, 5.41) is 15.1. The predicted molar refractivity (Wildman–Crippen MR) is 128 cm³/mol. The molecule has 9 nitrogen and oxygen atoms in total. The number of rotatable bonds is 8. The number of hydrogen-bond donors (Lipinski definition) is 2. The summed E-state index contributed by atoms with van der Waals surface area (Å²) in [7, 11) is 4.01. The summed E-state index contributed by atoms with van der Waals surface area (Å²) in [6.45, 7) is 8.55. The van der Waals surface area contributed by atoms with Crippen LogP contribution in [0.1, 0.15) is 43.8 Å². The number of aromatic amines is 1. The van der Waals surface area contributed by atoms with Crippen molar-refractivity contribution in [2.24, 2.45) is 12.0 Å². The number of aromatic nitrogens is 5. The van der Waals surface area contributed by atoms with E-state index >= 15 is 0 Å². The van der Waals surface area contributed by atoms with E-state index in [2.05, 4.69) is 57.5 Å². The molecule has 0 aromatic carbocycles. The Hall–Kier alpha value is -2.37. The first kappa shape index (κ1) is 23.9. The molecule has 0 unspecified atom stereocenters. The van der Waals surface area contributed by atoms with E-state index in [0.717, 1.165) is 30.6 Å². The van der Waals surface area contributed by atoms with Gasteiger partial charge in [-0.15, -0.1) is 24.0 Å². The standard InChI is InChI=1S/C20H30N8O.HI/c1-6-21-20(27(4)12-15-13-28(5)26-18(15)14(2)3)22-10-9-17-23-19(25-24-17)16-8-7-11-29-16;/h7-8,11,13-14H,6,9-10,12H2,1-5H3,(H,21,22)(H,23,24,25);1H. The molecule has 10 heteroatoms. The first-order valence-electron chi connectivity index (χ1n) is 9.95. The molecule has 0 radical (unpaired) electrons. The molecule has 0 amide bonds. The lowest BCUT2D eigenvalue weighted by Crippen LogP contribution is -2.38. The Bertz CT molecular complexity index is 929. The molecule has 0 atom stereocenters. The highest BCUT2D eigenvalue weighted by atomic mass is 127. The monoisotopic (exact) mass is 526 g/mol. The summed E-state index contributed by atoms with van der Waals surface area (Å²) in [6, 6.07) is 3.66. The fourth-order valence-electron chi connectivity index (χ4n) is 3.15. The minimum atomic E-state index is 0. The Morgan fingerprint density at radius 3 is 2.87 bits per heavy atom. The maximum absolute atomic E-state index is 5.33. The number of nitrogens with one attached hydrogen (secondary N) is 2. The van der Waals surface area contributed by atoms with Gasteiger partial charge in [-0.3, -0.25) is 14.8 Å². The number of aliphatic imine (C=N–C) groups is 1. The van der Waals surface area contributed by atoms with Crippen LogP contribution >= 0.6 is 24.0 Å². The Morgan fingerprint density at radius 2 is 2.20 bits per heavy atom. The van der Waals surface area contributed by atoms with Crippen molar-refractivity contribution >= 4 is 29.9 Å². The van der Waals surface area contributed by atoms with Gasteiger partial charge in [0.2, 0.25) is 5.82 Å². The number of H-pyrrole nitrogens is 1. The zero-order valence-corrected chi connectivity index (χ0v) is 20.5. The highest BCUT2D eigenvalue weighted by Crippen LogP contribution is 2.18. The molecule has 0 aliphatic heterocycles. The van der Waals surface area contributed by atoms with Crippen molar-refractivity contribution in [3.05, 3.63) is 41.7 Å². The van der Waals surface area contributed by atoms with E-state index in [4.69, 9.17) is 9.41 Å². The van der Waals surface area contributed by atoms with Crippen LogP contribution in [0.25, 0.3) is 11.6 Å². The van der Waals surface area contributed by atoms with Gasteiger partial charge in [0.25, 0.3) is 0 Å². The molecule has 164 valence electrons. The van der Waals surface area contributed by atoms with E-state index in [-0.39, 0.29) is 24.0 Å². The highest BCUT2D eigenvalue weighted by Gasteiger charge is 2.15. The molecular weight excluding hydrogens is 495 g/mol. The Balaban J connectivity index is 0.00000320. The average Bonchev–Trinajstić information content (AvgIpc) is 3.41. The topological polar surface area (TPSA) is 100 Å². The van der Waals surface area contributed by atoms with Crippen LogP contribution in [0, 0.1) is 0 Å². The molecule has 0 aliphatic rings. The zero-order valence-electron chi connectivity index (χ0n) is 18.2. The van der Waals surface area contributed by atoms with Crippen LogP contribution in [0.5, 0.6) is 0 Å². The molecule has 0 saturated heterocycles. The molecule has 2 N–H and O–H groups in total. The largest absolute Gasteiger partial charge is 0.461 e. The first-order valence-corrected chi connectivity index (χ1v) is 9.95. The number of furan rings is 1. The van der Waals surface area contributed by atoms with E-state index in [1.54, 1.807) is 6.26 Å². The van der Waals surface area contributed by atoms with Crippen molar-refractivity contribution in [3.8, 4) is 11.6 Å². The summed E-state index contributed by atoms with van der Waals surface area (Å²) >= 11 is 0. The number of halogens is 1. The molecule has 0 bridgehead atoms. The fraction of sp³-hybridized carbons (Fsp3) is 0.500. The van der Waals surface area contributed by atoms with Crippen LogP contribution in [0.2, 0.25) is 0 Å². The van der Waals surface area contributed by atoms with Gasteiger partial charge in [-0.25, -0.2) is 4.98 Å². The molecule has 3 rings (SSSR count). The summed E-state index contributed by atoms with van der Waals surface area (Å²) < 4.78 is 7.21. The Labute approximate surface area is 194 Å². The third-order valence-electron chi connectivity index (χ3n) is 4.47. The predicted octanol–water partition coefficient (Wildman–Crippen LogP) is 3.18. The van der Waals surface area contributed by atoms with Crippen molar-refractivity contribution in [3.63, 3.8) is 0 Å². The lowest BCUT2D eigenvalue weighted by atomic mass is 10.1. The maximum atomic E-state index is 5.33. The number of guanidine groups is 1. The lowest BCUT2D eigenvalue weighted by Gasteiger charge is -2.22. The average molecular weight is 526 g/mol. The van der Waals surface area contributed by atoms with Crippen LogP contribution in [0.3, 0.4) is 0 Å². The van der Waals surface area contributed by atoms with Gasteiger partial charge >= 0.3 is 0 Å². The van der Waals surface area contributed by atoms with E-state index in [1.165, 1.54) is 5.56 Å². The Morgan fingerprint density at radius 1 is 1.40 bits per heavy atom. The summed E-state index contributed by atoms with van der Waals surface area (Å²) in [5.41, 5.74) is 2.34. The van der Waals surface area contributed by atoms with E-state index in [0.29, 0.717) is 30.5 Å². The van der Waals surface area contributed by atoms with Crippen LogP contribution in [-0.4, -0.2) is 56.0 Å². The van der Waals surface area contributed by atoms with Gasteiger partial charge in [0, 0.05) is 51.9 Å². The zero-order chi connectivity index (χ0) is 20.8. The van der Waals surface area contributed by atoms with Gasteiger partial charge in [-0.1, -0.05) is 13.8 Å². The summed E-state index contributed by atoms with van der Waals surface area (Å²) in [6.07, 6.45) is 4.36. The minimum Gasteiger partial charge on any atom is -0.461 e.